The van der Waals surface area contributed by atoms with Crippen molar-refractivity contribution in [3.05, 3.63) is 29.8 Å². The van der Waals surface area contributed by atoms with Crippen LogP contribution < -0.4 is 10.7 Å². The maximum atomic E-state index is 11.9. The van der Waals surface area contributed by atoms with Gasteiger partial charge in [-0.05, 0) is 37.0 Å². The second-order valence-corrected chi connectivity index (χ2v) is 5.21. The Balaban J connectivity index is 1.85. The van der Waals surface area contributed by atoms with Crippen molar-refractivity contribution in [2.45, 2.75) is 32.1 Å². The minimum Gasteiger partial charge on any atom is -0.481 e. The number of anilines is 1. The lowest BCUT2D eigenvalue weighted by atomic mass is 10.1. The summed E-state index contributed by atoms with van der Waals surface area (Å²) >= 11 is 0. The standard InChI is InChI=1S/C15H21N3O3/c19-14(20)8-7-12-5-4-6-13(11-12)16-15(21)17-18-9-2-1-3-10-18/h4-6,11H,1-3,7-10H2,(H,19,20)(H2,16,17,21). The van der Waals surface area contributed by atoms with E-state index in [1.165, 1.54) is 6.42 Å². The molecule has 1 aliphatic heterocycles. The molecule has 3 N–H and O–H groups in total. The zero-order valence-electron chi connectivity index (χ0n) is 12.0. The van der Waals surface area contributed by atoms with Crippen molar-refractivity contribution in [1.82, 2.24) is 10.4 Å². The second kappa shape index (κ2) is 7.64. The number of carboxylic acids is 1. The fourth-order valence-electron chi connectivity index (χ4n) is 2.36. The van der Waals surface area contributed by atoms with Crippen LogP contribution in [0.4, 0.5) is 10.5 Å². The fraction of sp³-hybridized carbons (Fsp3) is 0.467. The Bertz CT molecular complexity index is 499. The molecule has 0 unspecified atom stereocenters. The summed E-state index contributed by atoms with van der Waals surface area (Å²) in [6, 6.07) is 7.01. The first-order valence-corrected chi connectivity index (χ1v) is 7.27. The Hall–Kier alpha value is -2.08. The second-order valence-electron chi connectivity index (χ2n) is 5.21. The highest BCUT2D eigenvalue weighted by atomic mass is 16.4. The summed E-state index contributed by atoms with van der Waals surface area (Å²) in [6.45, 7) is 1.76. The van der Waals surface area contributed by atoms with Crippen molar-refractivity contribution in [1.29, 1.82) is 0 Å². The van der Waals surface area contributed by atoms with Crippen LogP contribution in [0.25, 0.3) is 0 Å². The monoisotopic (exact) mass is 291 g/mol. The number of nitrogens with one attached hydrogen (secondary N) is 2. The Morgan fingerprint density at radius 2 is 1.95 bits per heavy atom. The van der Waals surface area contributed by atoms with Crippen LogP contribution in [-0.4, -0.2) is 35.2 Å². The lowest BCUT2D eigenvalue weighted by molar-refractivity contribution is -0.136. The Morgan fingerprint density at radius 3 is 2.67 bits per heavy atom. The van der Waals surface area contributed by atoms with Crippen molar-refractivity contribution in [3.63, 3.8) is 0 Å². The van der Waals surface area contributed by atoms with E-state index >= 15 is 0 Å². The van der Waals surface area contributed by atoms with Gasteiger partial charge >= 0.3 is 12.0 Å². The molecule has 2 amide bonds. The molecule has 21 heavy (non-hydrogen) atoms. The summed E-state index contributed by atoms with van der Waals surface area (Å²) in [5, 5.41) is 13.4. The Kier molecular flexibility index (Phi) is 5.57. The van der Waals surface area contributed by atoms with Gasteiger partial charge in [0.05, 0.1) is 0 Å². The number of hydrogen-bond acceptors (Lipinski definition) is 3. The molecule has 1 aromatic rings. The number of benzene rings is 1. The predicted octanol–water partition coefficient (Wildman–Crippen LogP) is 2.23. The predicted molar refractivity (Wildman–Crippen MR) is 80.0 cm³/mol. The highest BCUT2D eigenvalue weighted by Gasteiger charge is 2.12. The molecule has 0 bridgehead atoms. The summed E-state index contributed by atoms with van der Waals surface area (Å²) in [6.07, 6.45) is 3.96. The first kappa shape index (κ1) is 15.3. The number of aryl methyl sites for hydroxylation is 1. The van der Waals surface area contributed by atoms with Gasteiger partial charge in [0.1, 0.15) is 0 Å². The van der Waals surface area contributed by atoms with Crippen molar-refractivity contribution in [3.8, 4) is 0 Å². The number of aliphatic carboxylic acids is 1. The molecular formula is C15H21N3O3. The number of hydrazine groups is 1. The summed E-state index contributed by atoms with van der Waals surface area (Å²) in [5.41, 5.74) is 4.40. The van der Waals surface area contributed by atoms with E-state index in [0.29, 0.717) is 12.1 Å². The van der Waals surface area contributed by atoms with E-state index in [4.69, 9.17) is 5.11 Å². The van der Waals surface area contributed by atoms with Gasteiger partial charge in [0.25, 0.3) is 0 Å². The van der Waals surface area contributed by atoms with Crippen molar-refractivity contribution >= 4 is 17.7 Å². The van der Waals surface area contributed by atoms with Crippen molar-refractivity contribution in [2.24, 2.45) is 0 Å². The molecular weight excluding hydrogens is 270 g/mol. The number of amides is 2. The number of nitrogens with zero attached hydrogens (tertiary/aromatic N) is 1. The molecule has 6 nitrogen and oxygen atoms in total. The van der Waals surface area contributed by atoms with Gasteiger partial charge in [-0.3, -0.25) is 10.2 Å². The summed E-state index contributed by atoms with van der Waals surface area (Å²) in [7, 11) is 0. The molecule has 0 spiro atoms. The van der Waals surface area contributed by atoms with Crippen LogP contribution in [0.3, 0.4) is 0 Å². The number of carbonyl (C=O) groups excluding carboxylic acids is 1. The minimum atomic E-state index is -0.823. The topological polar surface area (TPSA) is 81.7 Å². The molecule has 1 aromatic carbocycles. The zero-order chi connectivity index (χ0) is 15.1. The number of carbonyl (C=O) groups is 2. The van der Waals surface area contributed by atoms with Crippen molar-refractivity contribution < 1.29 is 14.7 Å². The molecule has 1 saturated heterocycles. The molecule has 6 heteroatoms. The summed E-state index contributed by atoms with van der Waals surface area (Å²) in [4.78, 5) is 22.5. The third kappa shape index (κ3) is 5.43. The van der Waals surface area contributed by atoms with Crippen LogP contribution in [0.2, 0.25) is 0 Å². The first-order chi connectivity index (χ1) is 10.1. The van der Waals surface area contributed by atoms with E-state index in [0.717, 1.165) is 31.5 Å². The number of urea groups is 1. The van der Waals surface area contributed by atoms with E-state index in [2.05, 4.69) is 10.7 Å². The van der Waals surface area contributed by atoms with Gasteiger partial charge in [-0.2, -0.15) is 0 Å². The minimum absolute atomic E-state index is 0.0867. The van der Waals surface area contributed by atoms with Gasteiger partial charge in [0, 0.05) is 25.2 Å². The molecule has 0 atom stereocenters. The lowest BCUT2D eigenvalue weighted by Gasteiger charge is -2.26. The molecule has 1 heterocycles. The van der Waals surface area contributed by atoms with Crippen LogP contribution >= 0.6 is 0 Å². The maximum Gasteiger partial charge on any atom is 0.333 e. The van der Waals surface area contributed by atoms with E-state index in [9.17, 15) is 9.59 Å². The maximum absolute atomic E-state index is 11.9. The SMILES string of the molecule is O=C(O)CCc1cccc(NC(=O)NN2CCCCC2)c1. The highest BCUT2D eigenvalue weighted by molar-refractivity contribution is 5.88. The van der Waals surface area contributed by atoms with E-state index in [1.807, 2.05) is 17.1 Å². The summed E-state index contributed by atoms with van der Waals surface area (Å²) < 4.78 is 0. The lowest BCUT2D eigenvalue weighted by Crippen LogP contribution is -2.46. The van der Waals surface area contributed by atoms with Crippen LogP contribution in [0.1, 0.15) is 31.2 Å². The van der Waals surface area contributed by atoms with Gasteiger partial charge in [-0.1, -0.05) is 18.6 Å². The van der Waals surface area contributed by atoms with E-state index < -0.39 is 5.97 Å². The average molecular weight is 291 g/mol. The number of hydrogen-bond donors (Lipinski definition) is 3. The third-order valence-corrected chi connectivity index (χ3v) is 3.43. The quantitative estimate of drug-likeness (QED) is 0.777. The zero-order valence-corrected chi connectivity index (χ0v) is 12.0. The van der Waals surface area contributed by atoms with E-state index in [-0.39, 0.29) is 12.5 Å². The van der Waals surface area contributed by atoms with Crippen LogP contribution in [0.5, 0.6) is 0 Å². The van der Waals surface area contributed by atoms with Gasteiger partial charge in [-0.15, -0.1) is 0 Å². The normalized spacial score (nSPS) is 15.4. The van der Waals surface area contributed by atoms with Gasteiger partial charge in [-0.25, -0.2) is 9.80 Å². The van der Waals surface area contributed by atoms with Gasteiger partial charge in [0.2, 0.25) is 0 Å². The smallest absolute Gasteiger partial charge is 0.333 e. The molecule has 1 aliphatic rings. The van der Waals surface area contributed by atoms with Gasteiger partial charge < -0.3 is 10.4 Å². The molecule has 114 valence electrons. The number of rotatable bonds is 5. The average Bonchev–Trinajstić information content (AvgIpc) is 2.46. The van der Waals surface area contributed by atoms with Crippen LogP contribution in [0, 0.1) is 0 Å². The van der Waals surface area contributed by atoms with Crippen LogP contribution in [0.15, 0.2) is 24.3 Å². The van der Waals surface area contributed by atoms with Crippen molar-refractivity contribution in [2.75, 3.05) is 18.4 Å². The molecule has 0 radical (unpaired) electrons. The fourth-order valence-corrected chi connectivity index (χ4v) is 2.36. The molecule has 0 aliphatic carbocycles. The number of piperidine rings is 1. The molecule has 2 rings (SSSR count). The number of carboxylic acid groups (broad SMARTS) is 1. The highest BCUT2D eigenvalue weighted by Crippen LogP contribution is 2.12. The third-order valence-electron chi connectivity index (χ3n) is 3.43. The van der Waals surface area contributed by atoms with Gasteiger partial charge in [0.15, 0.2) is 0 Å². The molecule has 1 fully saturated rings. The Morgan fingerprint density at radius 1 is 1.19 bits per heavy atom. The Labute approximate surface area is 124 Å². The summed E-state index contributed by atoms with van der Waals surface area (Å²) in [5.74, 6) is -0.823. The first-order valence-electron chi connectivity index (χ1n) is 7.27. The largest absolute Gasteiger partial charge is 0.481 e. The molecule has 0 aromatic heterocycles. The van der Waals surface area contributed by atoms with E-state index in [1.54, 1.807) is 12.1 Å². The van der Waals surface area contributed by atoms with Crippen LogP contribution in [-0.2, 0) is 11.2 Å². The molecule has 0 saturated carbocycles.